The third-order valence-corrected chi connectivity index (χ3v) is 5.77. The summed E-state index contributed by atoms with van der Waals surface area (Å²) in [7, 11) is -3.85. The summed E-state index contributed by atoms with van der Waals surface area (Å²) in [6, 6.07) is 3.24. The van der Waals surface area contributed by atoms with E-state index in [9.17, 15) is 13.2 Å². The van der Waals surface area contributed by atoms with Crippen molar-refractivity contribution >= 4 is 15.9 Å². The van der Waals surface area contributed by atoms with Gasteiger partial charge in [0.15, 0.2) is 0 Å². The second-order valence-corrected chi connectivity index (χ2v) is 8.34. The van der Waals surface area contributed by atoms with Gasteiger partial charge in [0, 0.05) is 18.2 Å². The van der Waals surface area contributed by atoms with Crippen LogP contribution < -0.4 is 5.14 Å². The Balaban J connectivity index is 2.38. The predicted molar refractivity (Wildman–Crippen MR) is 90.8 cm³/mol. The van der Waals surface area contributed by atoms with E-state index in [-0.39, 0.29) is 16.8 Å². The topological polar surface area (TPSA) is 80.5 Å². The molecule has 23 heavy (non-hydrogen) atoms. The highest BCUT2D eigenvalue weighted by atomic mass is 32.2. The molecule has 2 N–H and O–H groups in total. The van der Waals surface area contributed by atoms with E-state index in [0.717, 1.165) is 24.9 Å². The molecule has 1 aromatic carbocycles. The number of sulfonamides is 1. The molecule has 0 saturated heterocycles. The number of rotatable bonds is 5. The van der Waals surface area contributed by atoms with Gasteiger partial charge in [-0.25, -0.2) is 13.6 Å². The average Bonchev–Trinajstić information content (AvgIpc) is 2.38. The van der Waals surface area contributed by atoms with Gasteiger partial charge in [0.1, 0.15) is 0 Å². The minimum absolute atomic E-state index is 0.0354. The predicted octanol–water partition coefficient (Wildman–Crippen LogP) is 2.60. The molecule has 0 atom stereocenters. The number of primary sulfonamides is 1. The van der Waals surface area contributed by atoms with Crippen LogP contribution in [-0.4, -0.2) is 31.8 Å². The van der Waals surface area contributed by atoms with E-state index in [1.54, 1.807) is 19.9 Å². The Labute approximate surface area is 138 Å². The average molecular weight is 338 g/mol. The number of hydrogen-bond donors (Lipinski definition) is 1. The van der Waals surface area contributed by atoms with Gasteiger partial charge in [0.25, 0.3) is 5.91 Å². The van der Waals surface area contributed by atoms with Gasteiger partial charge in [0.05, 0.1) is 4.90 Å². The SMILES string of the molecule is Cc1cc(C(=O)N(CC2CCC2)C(C)C)cc(S(N)(=O)=O)c1C. The first-order valence-corrected chi connectivity index (χ1v) is 9.61. The molecule has 0 unspecified atom stereocenters. The summed E-state index contributed by atoms with van der Waals surface area (Å²) in [5, 5.41) is 5.29. The number of hydrogen-bond acceptors (Lipinski definition) is 3. The van der Waals surface area contributed by atoms with E-state index in [0.29, 0.717) is 17.0 Å². The number of aryl methyl sites for hydroxylation is 1. The Morgan fingerprint density at radius 1 is 1.30 bits per heavy atom. The molecule has 0 spiro atoms. The van der Waals surface area contributed by atoms with Crippen LogP contribution in [0.15, 0.2) is 17.0 Å². The third kappa shape index (κ3) is 3.93. The van der Waals surface area contributed by atoms with Gasteiger partial charge in [-0.15, -0.1) is 0 Å². The Hall–Kier alpha value is -1.40. The second kappa shape index (κ2) is 6.61. The zero-order chi connectivity index (χ0) is 17.4. The quantitative estimate of drug-likeness (QED) is 0.896. The molecule has 5 nitrogen and oxygen atoms in total. The largest absolute Gasteiger partial charge is 0.336 e. The Bertz CT molecular complexity index is 707. The number of carbonyl (C=O) groups excluding carboxylic acids is 1. The smallest absolute Gasteiger partial charge is 0.254 e. The lowest BCUT2D eigenvalue weighted by atomic mass is 9.84. The van der Waals surface area contributed by atoms with E-state index < -0.39 is 10.0 Å². The maximum Gasteiger partial charge on any atom is 0.254 e. The van der Waals surface area contributed by atoms with Crippen LogP contribution in [0.25, 0.3) is 0 Å². The normalized spacial score (nSPS) is 15.6. The highest BCUT2D eigenvalue weighted by molar-refractivity contribution is 7.89. The molecule has 1 fully saturated rings. The molecule has 0 bridgehead atoms. The lowest BCUT2D eigenvalue weighted by Crippen LogP contribution is -2.42. The maximum atomic E-state index is 12.9. The first-order valence-electron chi connectivity index (χ1n) is 8.06. The van der Waals surface area contributed by atoms with E-state index >= 15 is 0 Å². The van der Waals surface area contributed by atoms with Gasteiger partial charge < -0.3 is 4.90 Å². The monoisotopic (exact) mass is 338 g/mol. The first-order chi connectivity index (χ1) is 10.6. The molecule has 0 aromatic heterocycles. The van der Waals surface area contributed by atoms with Crippen LogP contribution in [0.3, 0.4) is 0 Å². The molecule has 1 aliphatic rings. The van der Waals surface area contributed by atoms with Gasteiger partial charge in [0.2, 0.25) is 10.0 Å². The summed E-state index contributed by atoms with van der Waals surface area (Å²) in [5.41, 5.74) is 1.75. The van der Waals surface area contributed by atoms with Crippen LogP contribution in [0.1, 0.15) is 54.6 Å². The van der Waals surface area contributed by atoms with E-state index in [2.05, 4.69) is 0 Å². The number of carbonyl (C=O) groups is 1. The summed E-state index contributed by atoms with van der Waals surface area (Å²) in [5.74, 6) is 0.436. The van der Waals surface area contributed by atoms with E-state index in [4.69, 9.17) is 5.14 Å². The number of nitrogens with zero attached hydrogens (tertiary/aromatic N) is 1. The lowest BCUT2D eigenvalue weighted by Gasteiger charge is -2.35. The molecule has 1 saturated carbocycles. The van der Waals surface area contributed by atoms with Crippen molar-refractivity contribution in [2.24, 2.45) is 11.1 Å². The van der Waals surface area contributed by atoms with Crippen LogP contribution in [0.4, 0.5) is 0 Å². The Kier molecular flexibility index (Phi) is 5.16. The van der Waals surface area contributed by atoms with E-state index in [1.807, 2.05) is 18.7 Å². The first kappa shape index (κ1) is 17.9. The van der Waals surface area contributed by atoms with Gasteiger partial charge in [-0.1, -0.05) is 6.42 Å². The fourth-order valence-electron chi connectivity index (χ4n) is 2.89. The van der Waals surface area contributed by atoms with Crippen molar-refractivity contribution in [3.05, 3.63) is 28.8 Å². The standard InChI is InChI=1S/C17H26N2O3S/c1-11(2)19(10-14-6-5-7-14)17(20)15-8-12(3)13(4)16(9-15)23(18,21)22/h8-9,11,14H,5-7,10H2,1-4H3,(H2,18,21,22). The third-order valence-electron chi connectivity index (χ3n) is 4.74. The van der Waals surface area contributed by atoms with Crippen molar-refractivity contribution in [2.75, 3.05) is 6.54 Å². The van der Waals surface area contributed by atoms with Crippen LogP contribution in [0.5, 0.6) is 0 Å². The van der Waals surface area contributed by atoms with Crippen LogP contribution >= 0.6 is 0 Å². The summed E-state index contributed by atoms with van der Waals surface area (Å²) < 4.78 is 23.5. The van der Waals surface area contributed by atoms with Gasteiger partial charge >= 0.3 is 0 Å². The molecular weight excluding hydrogens is 312 g/mol. The summed E-state index contributed by atoms with van der Waals surface area (Å²) >= 11 is 0. The minimum Gasteiger partial charge on any atom is -0.336 e. The highest BCUT2D eigenvalue weighted by Gasteiger charge is 2.27. The molecule has 6 heteroatoms. The summed E-state index contributed by atoms with van der Waals surface area (Å²) in [6.07, 6.45) is 3.54. The van der Waals surface area contributed by atoms with Crippen LogP contribution in [0, 0.1) is 19.8 Å². The van der Waals surface area contributed by atoms with Crippen molar-refractivity contribution in [3.63, 3.8) is 0 Å². The molecule has 128 valence electrons. The van der Waals surface area contributed by atoms with Gasteiger partial charge in [-0.3, -0.25) is 4.79 Å². The van der Waals surface area contributed by atoms with Gasteiger partial charge in [-0.05, 0) is 69.7 Å². The molecule has 2 rings (SSSR count). The summed E-state index contributed by atoms with van der Waals surface area (Å²) in [4.78, 5) is 14.8. The number of benzene rings is 1. The van der Waals surface area contributed by atoms with Crippen molar-refractivity contribution < 1.29 is 13.2 Å². The molecule has 1 aromatic rings. The van der Waals surface area contributed by atoms with Crippen molar-refractivity contribution in [2.45, 2.75) is 57.9 Å². The highest BCUT2D eigenvalue weighted by Crippen LogP contribution is 2.29. The molecule has 0 radical (unpaired) electrons. The number of amides is 1. The minimum atomic E-state index is -3.85. The number of nitrogens with two attached hydrogens (primary N) is 1. The maximum absolute atomic E-state index is 12.9. The molecule has 0 aliphatic heterocycles. The van der Waals surface area contributed by atoms with Crippen LogP contribution in [-0.2, 0) is 10.0 Å². The molecule has 1 amide bonds. The summed E-state index contributed by atoms with van der Waals surface area (Å²) in [6.45, 7) is 8.20. The van der Waals surface area contributed by atoms with Crippen LogP contribution in [0.2, 0.25) is 0 Å². The fraction of sp³-hybridized carbons (Fsp3) is 0.588. The van der Waals surface area contributed by atoms with Crippen molar-refractivity contribution in [3.8, 4) is 0 Å². The molecular formula is C17H26N2O3S. The zero-order valence-electron chi connectivity index (χ0n) is 14.3. The zero-order valence-corrected chi connectivity index (χ0v) is 15.1. The van der Waals surface area contributed by atoms with Crippen molar-refractivity contribution in [1.29, 1.82) is 0 Å². The Morgan fingerprint density at radius 2 is 1.91 bits per heavy atom. The van der Waals surface area contributed by atoms with E-state index in [1.165, 1.54) is 12.5 Å². The second-order valence-electron chi connectivity index (χ2n) is 6.81. The Morgan fingerprint density at radius 3 is 2.35 bits per heavy atom. The van der Waals surface area contributed by atoms with Crippen molar-refractivity contribution in [1.82, 2.24) is 4.90 Å². The van der Waals surface area contributed by atoms with Gasteiger partial charge in [-0.2, -0.15) is 0 Å². The lowest BCUT2D eigenvalue weighted by molar-refractivity contribution is 0.0632. The molecule has 0 heterocycles. The fourth-order valence-corrected chi connectivity index (χ4v) is 3.77. The molecule has 1 aliphatic carbocycles.